The van der Waals surface area contributed by atoms with Gasteiger partial charge in [0.2, 0.25) is 0 Å². The van der Waals surface area contributed by atoms with Gasteiger partial charge in [-0.1, -0.05) is 0 Å². The average molecular weight is 264 g/mol. The number of rotatable bonds is 5. The lowest BCUT2D eigenvalue weighted by molar-refractivity contribution is 0.233. The van der Waals surface area contributed by atoms with E-state index in [0.717, 1.165) is 13.1 Å². The summed E-state index contributed by atoms with van der Waals surface area (Å²) in [5.74, 6) is 0. The van der Waals surface area contributed by atoms with Gasteiger partial charge in [0, 0.05) is 30.9 Å². The molecule has 1 unspecified atom stereocenters. The molecule has 0 spiro atoms. The molecule has 0 aliphatic carbocycles. The first-order valence-corrected chi connectivity index (χ1v) is 7.44. The van der Waals surface area contributed by atoms with Crippen LogP contribution in [-0.2, 0) is 13.1 Å². The number of aromatic nitrogens is 2. The molecule has 2 heterocycles. The van der Waals surface area contributed by atoms with E-state index in [0.29, 0.717) is 6.04 Å². The van der Waals surface area contributed by atoms with Gasteiger partial charge in [-0.3, -0.25) is 4.90 Å². The zero-order valence-corrected chi connectivity index (χ0v) is 12.8. The highest BCUT2D eigenvalue weighted by molar-refractivity contribution is 4.99. The molecule has 1 aromatic heterocycles. The van der Waals surface area contributed by atoms with Crippen LogP contribution in [-0.4, -0.2) is 39.1 Å². The second-order valence-electron chi connectivity index (χ2n) is 6.73. The Labute approximate surface area is 117 Å². The van der Waals surface area contributed by atoms with Gasteiger partial charge in [0.1, 0.15) is 0 Å². The molecule has 1 atom stereocenters. The van der Waals surface area contributed by atoms with Crippen LogP contribution in [0.2, 0.25) is 0 Å². The normalized spacial score (nSPS) is 18.9. The third-order valence-corrected chi connectivity index (χ3v) is 3.82. The van der Waals surface area contributed by atoms with Gasteiger partial charge in [-0.15, -0.1) is 0 Å². The van der Waals surface area contributed by atoms with Crippen LogP contribution >= 0.6 is 0 Å². The highest BCUT2D eigenvalue weighted by Crippen LogP contribution is 2.14. The fraction of sp³-hybridized carbons (Fsp3) is 0.800. The van der Waals surface area contributed by atoms with Gasteiger partial charge in [-0.05, 0) is 53.6 Å². The van der Waals surface area contributed by atoms with E-state index in [1.54, 1.807) is 0 Å². The minimum atomic E-state index is 0.148. The van der Waals surface area contributed by atoms with Gasteiger partial charge in [0.05, 0.1) is 12.0 Å². The summed E-state index contributed by atoms with van der Waals surface area (Å²) < 4.78 is 2.29. The van der Waals surface area contributed by atoms with Crippen molar-refractivity contribution in [1.29, 1.82) is 0 Å². The second-order valence-corrected chi connectivity index (χ2v) is 6.73. The van der Waals surface area contributed by atoms with Gasteiger partial charge in [0.15, 0.2) is 0 Å². The highest BCUT2D eigenvalue weighted by Gasteiger charge is 2.19. The van der Waals surface area contributed by atoms with E-state index in [-0.39, 0.29) is 5.54 Å². The summed E-state index contributed by atoms with van der Waals surface area (Å²) >= 11 is 0. The molecule has 4 heteroatoms. The molecule has 2 rings (SSSR count). The van der Waals surface area contributed by atoms with E-state index in [4.69, 9.17) is 0 Å². The molecule has 0 radical (unpaired) electrons. The van der Waals surface area contributed by atoms with Crippen LogP contribution in [0.3, 0.4) is 0 Å². The van der Waals surface area contributed by atoms with E-state index >= 15 is 0 Å². The summed E-state index contributed by atoms with van der Waals surface area (Å²) in [4.78, 5) is 6.89. The lowest BCUT2D eigenvalue weighted by atomic mass is 10.1. The molecule has 108 valence electrons. The van der Waals surface area contributed by atoms with Gasteiger partial charge < -0.3 is 9.88 Å². The molecule has 1 aliphatic rings. The SMILES string of the molecule is CC(Cn1cncc1CNC(C)(C)C)N1CCCC1. The Morgan fingerprint density at radius 1 is 1.32 bits per heavy atom. The Bertz CT molecular complexity index is 385. The summed E-state index contributed by atoms with van der Waals surface area (Å²) in [6.07, 6.45) is 6.65. The molecule has 0 bridgehead atoms. The zero-order chi connectivity index (χ0) is 13.9. The van der Waals surface area contributed by atoms with Crippen LogP contribution in [0.1, 0.15) is 46.2 Å². The lowest BCUT2D eigenvalue weighted by Crippen LogP contribution is -2.37. The highest BCUT2D eigenvalue weighted by atomic mass is 15.2. The lowest BCUT2D eigenvalue weighted by Gasteiger charge is -2.25. The Kier molecular flexibility index (Phi) is 4.63. The molecular formula is C15H28N4. The molecule has 0 aromatic carbocycles. The van der Waals surface area contributed by atoms with Crippen molar-refractivity contribution in [2.75, 3.05) is 13.1 Å². The number of hydrogen-bond donors (Lipinski definition) is 1. The molecule has 1 aliphatic heterocycles. The number of likely N-dealkylation sites (tertiary alicyclic amines) is 1. The van der Waals surface area contributed by atoms with Crippen LogP contribution < -0.4 is 5.32 Å². The van der Waals surface area contributed by atoms with Crippen molar-refractivity contribution in [3.05, 3.63) is 18.2 Å². The first-order valence-electron chi connectivity index (χ1n) is 7.44. The predicted molar refractivity (Wildman–Crippen MR) is 79.1 cm³/mol. The number of hydrogen-bond acceptors (Lipinski definition) is 3. The van der Waals surface area contributed by atoms with Crippen molar-refractivity contribution in [3.8, 4) is 0 Å². The van der Waals surface area contributed by atoms with E-state index in [9.17, 15) is 0 Å². The van der Waals surface area contributed by atoms with Crippen molar-refractivity contribution in [3.63, 3.8) is 0 Å². The minimum absolute atomic E-state index is 0.148. The van der Waals surface area contributed by atoms with Crippen LogP contribution in [0, 0.1) is 0 Å². The molecule has 19 heavy (non-hydrogen) atoms. The second kappa shape index (κ2) is 6.06. The fourth-order valence-electron chi connectivity index (χ4n) is 2.60. The van der Waals surface area contributed by atoms with Crippen molar-refractivity contribution < 1.29 is 0 Å². The third-order valence-electron chi connectivity index (χ3n) is 3.82. The van der Waals surface area contributed by atoms with E-state index in [1.807, 2.05) is 12.5 Å². The Morgan fingerprint density at radius 3 is 2.63 bits per heavy atom. The summed E-state index contributed by atoms with van der Waals surface area (Å²) in [7, 11) is 0. The molecule has 4 nitrogen and oxygen atoms in total. The molecule has 1 fully saturated rings. The number of nitrogens with zero attached hydrogens (tertiary/aromatic N) is 3. The van der Waals surface area contributed by atoms with Gasteiger partial charge >= 0.3 is 0 Å². The van der Waals surface area contributed by atoms with Crippen molar-refractivity contribution >= 4 is 0 Å². The maximum atomic E-state index is 4.31. The van der Waals surface area contributed by atoms with Crippen molar-refractivity contribution in [1.82, 2.24) is 19.8 Å². The maximum Gasteiger partial charge on any atom is 0.0949 e. The molecule has 0 amide bonds. The quantitative estimate of drug-likeness (QED) is 0.885. The maximum absolute atomic E-state index is 4.31. The van der Waals surface area contributed by atoms with Crippen LogP contribution in [0.4, 0.5) is 0 Å². The fourth-order valence-corrected chi connectivity index (χ4v) is 2.60. The average Bonchev–Trinajstić information content (AvgIpc) is 2.96. The summed E-state index contributed by atoms with van der Waals surface area (Å²) in [5.41, 5.74) is 1.43. The van der Waals surface area contributed by atoms with Crippen molar-refractivity contribution in [2.24, 2.45) is 0 Å². The Morgan fingerprint density at radius 2 is 2.00 bits per heavy atom. The molecule has 1 N–H and O–H groups in total. The van der Waals surface area contributed by atoms with Gasteiger partial charge in [-0.2, -0.15) is 0 Å². The Balaban J connectivity index is 1.91. The van der Waals surface area contributed by atoms with Gasteiger partial charge in [-0.25, -0.2) is 4.98 Å². The van der Waals surface area contributed by atoms with Gasteiger partial charge in [0.25, 0.3) is 0 Å². The third kappa shape index (κ3) is 4.32. The standard InChI is InChI=1S/C15H28N4/c1-13(18-7-5-6-8-18)11-19-12-16-9-14(19)10-17-15(2,3)4/h9,12-13,17H,5-8,10-11H2,1-4H3. The first kappa shape index (κ1) is 14.5. The monoisotopic (exact) mass is 264 g/mol. The van der Waals surface area contributed by atoms with E-state index in [1.165, 1.54) is 31.6 Å². The zero-order valence-electron chi connectivity index (χ0n) is 12.8. The number of imidazole rings is 1. The minimum Gasteiger partial charge on any atom is -0.332 e. The summed E-state index contributed by atoms with van der Waals surface area (Å²) in [6.45, 7) is 13.3. The molecule has 1 aromatic rings. The summed E-state index contributed by atoms with van der Waals surface area (Å²) in [5, 5.41) is 3.53. The molecule has 0 saturated carbocycles. The van der Waals surface area contributed by atoms with Crippen LogP contribution in [0.25, 0.3) is 0 Å². The largest absolute Gasteiger partial charge is 0.332 e. The molecular weight excluding hydrogens is 236 g/mol. The number of nitrogens with one attached hydrogen (secondary N) is 1. The summed E-state index contributed by atoms with van der Waals surface area (Å²) in [6, 6.07) is 0.602. The smallest absolute Gasteiger partial charge is 0.0949 e. The van der Waals surface area contributed by atoms with Crippen LogP contribution in [0.5, 0.6) is 0 Å². The topological polar surface area (TPSA) is 33.1 Å². The van der Waals surface area contributed by atoms with E-state index in [2.05, 4.69) is 47.5 Å². The van der Waals surface area contributed by atoms with Crippen LogP contribution in [0.15, 0.2) is 12.5 Å². The van der Waals surface area contributed by atoms with Crippen molar-refractivity contribution in [2.45, 2.75) is 65.2 Å². The molecule has 1 saturated heterocycles. The Hall–Kier alpha value is -0.870. The predicted octanol–water partition coefficient (Wildman–Crippen LogP) is 2.26. The first-order chi connectivity index (χ1) is 8.96. The van der Waals surface area contributed by atoms with E-state index < -0.39 is 0 Å².